The standard InChI is InChI=1S/C29H36FN3O4/c30-23-15-13-22(14-16-23)8-7-17-29(20-26(34)32-37)18-19-33(28(29)36,25-11-5-2-6-12-25)21-27(35)31-24-9-3-1-4-10-24/h1,3-4,9-10,13-16,25H,2,5-8,11-12,17-21H2,(H2-,31,32,34,35,37)/p+1. The summed E-state index contributed by atoms with van der Waals surface area (Å²) in [5, 5.41) is 12.2. The van der Waals surface area contributed by atoms with Gasteiger partial charge in [0.15, 0.2) is 6.54 Å². The van der Waals surface area contributed by atoms with Crippen molar-refractivity contribution in [3.8, 4) is 0 Å². The lowest BCUT2D eigenvalue weighted by molar-refractivity contribution is -0.866. The Kier molecular flexibility index (Phi) is 8.71. The van der Waals surface area contributed by atoms with Gasteiger partial charge in [0.2, 0.25) is 5.91 Å². The second-order valence-electron chi connectivity index (χ2n) is 10.6. The van der Waals surface area contributed by atoms with E-state index < -0.39 is 11.3 Å². The number of aryl methyl sites for hydroxylation is 1. The number of amides is 3. The molecule has 1 saturated heterocycles. The first kappa shape index (κ1) is 26.9. The van der Waals surface area contributed by atoms with E-state index in [1.165, 1.54) is 12.1 Å². The van der Waals surface area contributed by atoms with Crippen LogP contribution in [0, 0.1) is 11.2 Å². The van der Waals surface area contributed by atoms with Crippen LogP contribution in [0.1, 0.15) is 63.4 Å². The van der Waals surface area contributed by atoms with Crippen molar-refractivity contribution in [2.45, 2.75) is 70.3 Å². The van der Waals surface area contributed by atoms with Crippen LogP contribution in [-0.4, -0.2) is 46.5 Å². The van der Waals surface area contributed by atoms with Gasteiger partial charge in [-0.1, -0.05) is 36.8 Å². The quantitative estimate of drug-likeness (QED) is 0.244. The third kappa shape index (κ3) is 6.25. The summed E-state index contributed by atoms with van der Waals surface area (Å²) >= 11 is 0. The van der Waals surface area contributed by atoms with Gasteiger partial charge in [-0.05, 0) is 74.8 Å². The number of benzene rings is 2. The second-order valence-corrected chi connectivity index (χ2v) is 10.6. The van der Waals surface area contributed by atoms with Gasteiger partial charge < -0.3 is 5.32 Å². The first-order valence-electron chi connectivity index (χ1n) is 13.3. The number of rotatable bonds is 10. The fraction of sp³-hybridized carbons (Fsp3) is 0.483. The van der Waals surface area contributed by atoms with Crippen LogP contribution >= 0.6 is 0 Å². The van der Waals surface area contributed by atoms with Gasteiger partial charge >= 0.3 is 5.91 Å². The number of hydrogen-bond donors (Lipinski definition) is 3. The van der Waals surface area contributed by atoms with E-state index in [2.05, 4.69) is 5.32 Å². The normalized spacial score (nSPS) is 24.1. The molecular weight excluding hydrogens is 473 g/mol. The average Bonchev–Trinajstić information content (AvgIpc) is 3.18. The lowest BCUT2D eigenvalue weighted by Crippen LogP contribution is -2.62. The number of hydroxylamine groups is 1. The van der Waals surface area contributed by atoms with Gasteiger partial charge in [-0.15, -0.1) is 0 Å². The topological polar surface area (TPSA) is 95.5 Å². The van der Waals surface area contributed by atoms with Crippen LogP contribution in [0.4, 0.5) is 10.1 Å². The Bertz CT molecular complexity index is 1090. The van der Waals surface area contributed by atoms with Crippen molar-refractivity contribution in [2.24, 2.45) is 5.41 Å². The number of likely N-dealkylation sites (tertiary alicyclic amines) is 1. The Labute approximate surface area is 217 Å². The summed E-state index contributed by atoms with van der Waals surface area (Å²) in [7, 11) is 0. The predicted molar refractivity (Wildman–Crippen MR) is 138 cm³/mol. The van der Waals surface area contributed by atoms with E-state index >= 15 is 0 Å². The highest BCUT2D eigenvalue weighted by Gasteiger charge is 2.61. The molecule has 1 aliphatic heterocycles. The van der Waals surface area contributed by atoms with Crippen LogP contribution in [0.5, 0.6) is 0 Å². The molecule has 0 bridgehead atoms. The Morgan fingerprint density at radius 1 is 1.00 bits per heavy atom. The number of nitrogens with one attached hydrogen (secondary N) is 2. The highest BCUT2D eigenvalue weighted by Crippen LogP contribution is 2.47. The van der Waals surface area contributed by atoms with Crippen LogP contribution in [-0.2, 0) is 20.8 Å². The number of hydrogen-bond acceptors (Lipinski definition) is 4. The number of para-hydroxylation sites is 1. The van der Waals surface area contributed by atoms with Crippen molar-refractivity contribution in [1.82, 2.24) is 5.48 Å². The third-order valence-corrected chi connectivity index (χ3v) is 8.26. The molecule has 3 N–H and O–H groups in total. The van der Waals surface area contributed by atoms with E-state index in [0.29, 0.717) is 37.9 Å². The molecule has 2 aromatic carbocycles. The number of carbonyl (C=O) groups is 3. The molecule has 1 aliphatic carbocycles. The molecule has 1 heterocycles. The highest BCUT2D eigenvalue weighted by molar-refractivity contribution is 5.94. The maximum Gasteiger partial charge on any atom is 0.321 e. The van der Waals surface area contributed by atoms with E-state index in [0.717, 1.165) is 37.7 Å². The SMILES string of the molecule is O=C(CC1(CCCc2ccc(F)cc2)CC[N+](CC(=O)Nc2ccccc2)(C2CCCCC2)C1=O)NO. The van der Waals surface area contributed by atoms with Gasteiger partial charge in [-0.25, -0.2) is 19.1 Å². The fourth-order valence-electron chi connectivity index (χ4n) is 6.39. The summed E-state index contributed by atoms with van der Waals surface area (Å²) in [6, 6.07) is 15.6. The molecule has 0 spiro atoms. The van der Waals surface area contributed by atoms with Crippen LogP contribution in [0.25, 0.3) is 0 Å². The minimum absolute atomic E-state index is 0.0405. The minimum Gasteiger partial charge on any atom is -0.321 e. The molecule has 4 rings (SSSR count). The monoisotopic (exact) mass is 510 g/mol. The Hall–Kier alpha value is -3.10. The second kappa shape index (κ2) is 12.0. The number of nitrogens with zero attached hydrogens (tertiary/aromatic N) is 1. The average molecular weight is 511 g/mol. The minimum atomic E-state index is -0.961. The van der Waals surface area contributed by atoms with Crippen LogP contribution in [0.15, 0.2) is 54.6 Å². The first-order valence-corrected chi connectivity index (χ1v) is 13.3. The molecule has 2 fully saturated rings. The van der Waals surface area contributed by atoms with Gasteiger partial charge in [-0.2, -0.15) is 0 Å². The molecule has 0 aromatic heterocycles. The molecule has 2 unspecified atom stereocenters. The van der Waals surface area contributed by atoms with Crippen molar-refractivity contribution in [2.75, 3.05) is 18.4 Å². The summed E-state index contributed by atoms with van der Waals surface area (Å²) < 4.78 is 13.4. The van der Waals surface area contributed by atoms with Gasteiger partial charge in [0.25, 0.3) is 5.91 Å². The van der Waals surface area contributed by atoms with E-state index in [1.807, 2.05) is 30.3 Å². The molecule has 2 aromatic rings. The molecular formula is C29H37FN3O4+. The molecule has 37 heavy (non-hydrogen) atoms. The summed E-state index contributed by atoms with van der Waals surface area (Å²) in [6.07, 6.45) is 7.03. The first-order chi connectivity index (χ1) is 17.9. The molecule has 0 radical (unpaired) electrons. The Morgan fingerprint density at radius 3 is 2.38 bits per heavy atom. The number of carbonyl (C=O) groups excluding carboxylic acids is 3. The van der Waals surface area contributed by atoms with E-state index in [9.17, 15) is 24.0 Å². The fourth-order valence-corrected chi connectivity index (χ4v) is 6.39. The van der Waals surface area contributed by atoms with Crippen LogP contribution in [0.3, 0.4) is 0 Å². The molecule has 2 aliphatic rings. The third-order valence-electron chi connectivity index (χ3n) is 8.26. The molecule has 2 atom stereocenters. The largest absolute Gasteiger partial charge is 0.321 e. The molecule has 1 saturated carbocycles. The zero-order chi connectivity index (χ0) is 26.3. The summed E-state index contributed by atoms with van der Waals surface area (Å²) in [5.74, 6) is -1.16. The maximum absolute atomic E-state index is 14.5. The number of quaternary nitrogens is 1. The van der Waals surface area contributed by atoms with Crippen molar-refractivity contribution < 1.29 is 28.5 Å². The zero-order valence-corrected chi connectivity index (χ0v) is 21.3. The van der Waals surface area contributed by atoms with Gasteiger partial charge in [0.1, 0.15) is 5.82 Å². The predicted octanol–water partition coefficient (Wildman–Crippen LogP) is 4.75. The van der Waals surface area contributed by atoms with Crippen molar-refractivity contribution in [3.05, 3.63) is 66.0 Å². The Balaban J connectivity index is 1.57. The van der Waals surface area contributed by atoms with Crippen LogP contribution < -0.4 is 10.8 Å². The summed E-state index contributed by atoms with van der Waals surface area (Å²) in [4.78, 5) is 40.1. The molecule has 7 nitrogen and oxygen atoms in total. The highest BCUT2D eigenvalue weighted by atomic mass is 19.1. The number of halogens is 1. The number of anilines is 1. The van der Waals surface area contributed by atoms with Crippen molar-refractivity contribution >= 4 is 23.4 Å². The maximum atomic E-state index is 14.5. The smallest absolute Gasteiger partial charge is 0.321 e. The van der Waals surface area contributed by atoms with Gasteiger partial charge in [0, 0.05) is 18.5 Å². The summed E-state index contributed by atoms with van der Waals surface area (Å²) in [6.45, 7) is 0.541. The zero-order valence-electron chi connectivity index (χ0n) is 21.3. The van der Waals surface area contributed by atoms with Crippen molar-refractivity contribution in [3.63, 3.8) is 0 Å². The van der Waals surface area contributed by atoms with Gasteiger partial charge in [-0.3, -0.25) is 14.8 Å². The molecule has 198 valence electrons. The van der Waals surface area contributed by atoms with E-state index in [-0.39, 0.29) is 41.1 Å². The van der Waals surface area contributed by atoms with E-state index in [1.54, 1.807) is 17.6 Å². The van der Waals surface area contributed by atoms with Crippen LogP contribution in [0.2, 0.25) is 0 Å². The molecule has 3 amide bonds. The van der Waals surface area contributed by atoms with Crippen molar-refractivity contribution in [1.29, 1.82) is 0 Å². The molecule has 8 heteroatoms. The van der Waals surface area contributed by atoms with Gasteiger partial charge in [0.05, 0.1) is 18.0 Å². The summed E-state index contributed by atoms with van der Waals surface area (Å²) in [5.41, 5.74) is 2.40. The Morgan fingerprint density at radius 2 is 1.70 bits per heavy atom. The lowest BCUT2D eigenvalue weighted by atomic mass is 9.77. The lowest BCUT2D eigenvalue weighted by Gasteiger charge is -2.42. The van der Waals surface area contributed by atoms with E-state index in [4.69, 9.17) is 0 Å².